The maximum Gasteiger partial charge on any atom is 0.338 e. The van der Waals surface area contributed by atoms with Crippen LogP contribution in [0.3, 0.4) is 0 Å². The van der Waals surface area contributed by atoms with Gasteiger partial charge in [-0.3, -0.25) is 4.79 Å². The zero-order chi connectivity index (χ0) is 21.8. The minimum Gasteiger partial charge on any atom is -0.497 e. The highest BCUT2D eigenvalue weighted by molar-refractivity contribution is 5.93. The van der Waals surface area contributed by atoms with Gasteiger partial charge in [0, 0.05) is 17.1 Å². The van der Waals surface area contributed by atoms with E-state index in [2.05, 4.69) is 4.57 Å². The number of rotatable bonds is 7. The van der Waals surface area contributed by atoms with E-state index in [1.54, 1.807) is 19.2 Å². The minimum absolute atomic E-state index is 0.172. The van der Waals surface area contributed by atoms with Crippen molar-refractivity contribution in [3.8, 4) is 5.75 Å². The smallest absolute Gasteiger partial charge is 0.338 e. The Kier molecular flexibility index (Phi) is 6.26. The van der Waals surface area contributed by atoms with Gasteiger partial charge in [-0.2, -0.15) is 0 Å². The second-order valence-corrected chi connectivity index (χ2v) is 7.59. The van der Waals surface area contributed by atoms with Crippen molar-refractivity contribution in [2.75, 3.05) is 20.3 Å². The number of aromatic nitrogens is 1. The lowest BCUT2D eigenvalue weighted by Gasteiger charge is -2.23. The van der Waals surface area contributed by atoms with E-state index in [1.807, 2.05) is 43.3 Å². The molecule has 1 unspecified atom stereocenters. The van der Waals surface area contributed by atoms with Crippen LogP contribution in [0.5, 0.6) is 5.75 Å². The van der Waals surface area contributed by atoms with E-state index in [1.165, 1.54) is 0 Å². The number of methoxy groups -OCH3 is 1. The standard InChI is InChI=1S/C25H27NO5/c1-3-30-25(28)20-10-7-11-21-23(20)19-13-12-18(29-2)16-22(19)26(21)14-15-31-24(27)17-8-5-4-6-9-17/h4-6,8-9,12-13,16,20H,3,7,10-11,14-15H2,1-2H3. The summed E-state index contributed by atoms with van der Waals surface area (Å²) in [6, 6.07) is 14.9. The zero-order valence-corrected chi connectivity index (χ0v) is 17.9. The first-order valence-corrected chi connectivity index (χ1v) is 10.7. The number of fused-ring (bicyclic) bond motifs is 3. The Balaban J connectivity index is 1.66. The fourth-order valence-electron chi connectivity index (χ4n) is 4.43. The molecule has 1 aliphatic rings. The number of carbonyl (C=O) groups excluding carboxylic acids is 2. The van der Waals surface area contributed by atoms with Crippen molar-refractivity contribution in [1.29, 1.82) is 0 Å². The van der Waals surface area contributed by atoms with Crippen LogP contribution in [0.4, 0.5) is 0 Å². The summed E-state index contributed by atoms with van der Waals surface area (Å²) in [5.74, 6) is -0.0352. The molecule has 0 N–H and O–H groups in total. The molecular weight excluding hydrogens is 394 g/mol. The summed E-state index contributed by atoms with van der Waals surface area (Å²) >= 11 is 0. The van der Waals surface area contributed by atoms with Crippen LogP contribution < -0.4 is 4.74 Å². The van der Waals surface area contributed by atoms with E-state index in [0.717, 1.165) is 47.2 Å². The first-order chi connectivity index (χ1) is 15.1. The summed E-state index contributed by atoms with van der Waals surface area (Å²) < 4.78 is 18.5. The predicted octanol–water partition coefficient (Wildman–Crippen LogP) is 4.49. The molecule has 1 aliphatic carbocycles. The fraction of sp³-hybridized carbons (Fsp3) is 0.360. The van der Waals surface area contributed by atoms with E-state index in [9.17, 15) is 9.59 Å². The molecule has 1 atom stereocenters. The molecule has 6 nitrogen and oxygen atoms in total. The second kappa shape index (κ2) is 9.25. The summed E-state index contributed by atoms with van der Waals surface area (Å²) in [6.07, 6.45) is 2.56. The molecule has 0 amide bonds. The lowest BCUT2D eigenvalue weighted by Crippen LogP contribution is -2.22. The van der Waals surface area contributed by atoms with Crippen LogP contribution in [-0.2, 0) is 27.2 Å². The van der Waals surface area contributed by atoms with Crippen molar-refractivity contribution < 1.29 is 23.8 Å². The van der Waals surface area contributed by atoms with Crippen molar-refractivity contribution in [2.45, 2.75) is 38.6 Å². The van der Waals surface area contributed by atoms with E-state index in [-0.39, 0.29) is 24.5 Å². The van der Waals surface area contributed by atoms with Crippen LogP contribution in [-0.4, -0.2) is 36.8 Å². The monoisotopic (exact) mass is 421 g/mol. The van der Waals surface area contributed by atoms with Crippen LogP contribution in [0.2, 0.25) is 0 Å². The van der Waals surface area contributed by atoms with Crippen LogP contribution in [0.25, 0.3) is 10.9 Å². The Morgan fingerprint density at radius 3 is 2.65 bits per heavy atom. The van der Waals surface area contributed by atoms with Crippen LogP contribution in [0.1, 0.15) is 47.3 Å². The summed E-state index contributed by atoms with van der Waals surface area (Å²) in [4.78, 5) is 25.0. The van der Waals surface area contributed by atoms with Crippen LogP contribution in [0, 0.1) is 0 Å². The van der Waals surface area contributed by atoms with Gasteiger partial charge < -0.3 is 18.8 Å². The third-order valence-electron chi connectivity index (χ3n) is 5.81. The largest absolute Gasteiger partial charge is 0.497 e. The topological polar surface area (TPSA) is 66.8 Å². The average molecular weight is 421 g/mol. The van der Waals surface area contributed by atoms with E-state index in [4.69, 9.17) is 14.2 Å². The quantitative estimate of drug-likeness (QED) is 0.526. The highest BCUT2D eigenvalue weighted by Gasteiger charge is 2.33. The van der Waals surface area contributed by atoms with Gasteiger partial charge in [0.25, 0.3) is 0 Å². The molecule has 31 heavy (non-hydrogen) atoms. The first kappa shape index (κ1) is 21.0. The third kappa shape index (κ3) is 4.15. The Bertz CT molecular complexity index is 1090. The number of hydrogen-bond acceptors (Lipinski definition) is 5. The normalized spacial score (nSPS) is 15.4. The highest BCUT2D eigenvalue weighted by Crippen LogP contribution is 2.41. The van der Waals surface area contributed by atoms with Gasteiger partial charge >= 0.3 is 11.9 Å². The van der Waals surface area contributed by atoms with Gasteiger partial charge in [0.2, 0.25) is 0 Å². The minimum atomic E-state index is -0.340. The number of benzene rings is 2. The molecule has 2 aromatic carbocycles. The number of hydrogen-bond donors (Lipinski definition) is 0. The maximum absolute atomic E-state index is 12.7. The van der Waals surface area contributed by atoms with Crippen molar-refractivity contribution in [3.63, 3.8) is 0 Å². The fourth-order valence-corrected chi connectivity index (χ4v) is 4.43. The summed E-state index contributed by atoms with van der Waals surface area (Å²) in [7, 11) is 1.64. The molecule has 0 fully saturated rings. The summed E-state index contributed by atoms with van der Waals surface area (Å²) in [6.45, 7) is 2.95. The molecule has 0 spiro atoms. The molecule has 0 saturated heterocycles. The van der Waals surface area contributed by atoms with Crippen molar-refractivity contribution >= 4 is 22.8 Å². The zero-order valence-electron chi connectivity index (χ0n) is 17.9. The lowest BCUT2D eigenvalue weighted by molar-refractivity contribution is -0.145. The van der Waals surface area contributed by atoms with Crippen molar-refractivity contribution in [2.24, 2.45) is 0 Å². The van der Waals surface area contributed by atoms with Crippen molar-refractivity contribution in [3.05, 3.63) is 65.4 Å². The van der Waals surface area contributed by atoms with E-state index < -0.39 is 0 Å². The summed E-state index contributed by atoms with van der Waals surface area (Å²) in [5, 5.41) is 1.03. The van der Waals surface area contributed by atoms with Gasteiger partial charge in [0.15, 0.2) is 0 Å². The number of carbonyl (C=O) groups is 2. The van der Waals surface area contributed by atoms with E-state index >= 15 is 0 Å². The summed E-state index contributed by atoms with van der Waals surface area (Å²) in [5.41, 5.74) is 3.67. The Hall–Kier alpha value is -3.28. The average Bonchev–Trinajstić information content (AvgIpc) is 3.12. The number of esters is 2. The molecule has 6 heteroatoms. The number of nitrogens with zero attached hydrogens (tertiary/aromatic N) is 1. The van der Waals surface area contributed by atoms with Crippen LogP contribution >= 0.6 is 0 Å². The molecule has 0 aliphatic heterocycles. The molecule has 0 bridgehead atoms. The maximum atomic E-state index is 12.7. The Morgan fingerprint density at radius 1 is 1.10 bits per heavy atom. The first-order valence-electron chi connectivity index (χ1n) is 10.7. The Morgan fingerprint density at radius 2 is 1.90 bits per heavy atom. The van der Waals surface area contributed by atoms with Gasteiger partial charge in [-0.25, -0.2) is 4.79 Å². The Labute approximate surface area is 181 Å². The van der Waals surface area contributed by atoms with Gasteiger partial charge in [-0.05, 0) is 56.0 Å². The van der Waals surface area contributed by atoms with Gasteiger partial charge in [0.05, 0.1) is 37.3 Å². The molecule has 1 aromatic heterocycles. The SMILES string of the molecule is CCOC(=O)C1CCCc2c1c1ccc(OC)cc1n2CCOC(=O)c1ccccc1. The molecule has 3 aromatic rings. The number of ether oxygens (including phenoxy) is 3. The van der Waals surface area contributed by atoms with Crippen LogP contribution in [0.15, 0.2) is 48.5 Å². The third-order valence-corrected chi connectivity index (χ3v) is 5.81. The second-order valence-electron chi connectivity index (χ2n) is 7.59. The molecular formula is C25H27NO5. The predicted molar refractivity (Wildman–Crippen MR) is 118 cm³/mol. The molecule has 1 heterocycles. The molecule has 0 radical (unpaired) electrons. The van der Waals surface area contributed by atoms with Gasteiger partial charge in [-0.1, -0.05) is 18.2 Å². The van der Waals surface area contributed by atoms with Crippen molar-refractivity contribution in [1.82, 2.24) is 4.57 Å². The lowest BCUT2D eigenvalue weighted by atomic mass is 9.85. The molecule has 162 valence electrons. The molecule has 4 rings (SSSR count). The molecule has 0 saturated carbocycles. The van der Waals surface area contributed by atoms with Gasteiger partial charge in [0.1, 0.15) is 12.4 Å². The highest BCUT2D eigenvalue weighted by atomic mass is 16.5. The van der Waals surface area contributed by atoms with E-state index in [0.29, 0.717) is 18.7 Å². The van der Waals surface area contributed by atoms with Gasteiger partial charge in [-0.15, -0.1) is 0 Å².